The van der Waals surface area contributed by atoms with Crippen LogP contribution < -0.4 is 5.32 Å². The quantitative estimate of drug-likeness (QED) is 0.500. The SMILES string of the molecule is O=C(N[C@H]1CCCc2c1[nH]c1ccccc21)c1cccc2[nH]ccc12. The smallest absolute Gasteiger partial charge is 0.252 e. The number of benzene rings is 2. The molecule has 2 heterocycles. The molecule has 1 aliphatic carbocycles. The lowest BCUT2D eigenvalue weighted by atomic mass is 9.91. The standard InChI is InChI=1S/C21H19N3O/c25-21(16-7-4-9-17-14(16)11-12-22-17)24-19-10-3-6-15-13-5-1-2-8-18(13)23-20(15)19/h1-2,4-5,7-9,11-12,19,22-23H,3,6,10H2,(H,24,25)/t19-/m0/s1. The summed E-state index contributed by atoms with van der Waals surface area (Å²) in [6.07, 6.45) is 5.00. The van der Waals surface area contributed by atoms with E-state index < -0.39 is 0 Å². The minimum Gasteiger partial charge on any atom is -0.361 e. The number of hydrogen-bond acceptors (Lipinski definition) is 1. The Hall–Kier alpha value is -3.01. The van der Waals surface area contributed by atoms with Crippen molar-refractivity contribution in [2.75, 3.05) is 0 Å². The first-order chi connectivity index (χ1) is 12.3. The number of fused-ring (bicyclic) bond motifs is 4. The molecule has 0 radical (unpaired) electrons. The van der Waals surface area contributed by atoms with Crippen molar-refractivity contribution < 1.29 is 4.79 Å². The molecule has 4 nitrogen and oxygen atoms in total. The number of aromatic amines is 2. The molecule has 0 saturated heterocycles. The summed E-state index contributed by atoms with van der Waals surface area (Å²) in [4.78, 5) is 19.6. The van der Waals surface area contributed by atoms with Crippen molar-refractivity contribution in [2.45, 2.75) is 25.3 Å². The number of hydrogen-bond donors (Lipinski definition) is 3. The molecule has 0 bridgehead atoms. The maximum absolute atomic E-state index is 12.9. The number of amides is 1. The molecular formula is C21H19N3O. The van der Waals surface area contributed by atoms with Crippen LogP contribution in [0.1, 0.15) is 40.5 Å². The second-order valence-corrected chi connectivity index (χ2v) is 6.73. The Morgan fingerprint density at radius 1 is 1.00 bits per heavy atom. The van der Waals surface area contributed by atoms with Crippen LogP contribution in [0.2, 0.25) is 0 Å². The van der Waals surface area contributed by atoms with Crippen molar-refractivity contribution in [2.24, 2.45) is 0 Å². The molecule has 2 aromatic carbocycles. The molecule has 5 rings (SSSR count). The highest BCUT2D eigenvalue weighted by atomic mass is 16.1. The van der Waals surface area contributed by atoms with Crippen LogP contribution in [0.25, 0.3) is 21.8 Å². The van der Waals surface area contributed by atoms with Gasteiger partial charge >= 0.3 is 0 Å². The largest absolute Gasteiger partial charge is 0.361 e. The zero-order valence-corrected chi connectivity index (χ0v) is 13.8. The third-order valence-corrected chi connectivity index (χ3v) is 5.26. The molecule has 0 spiro atoms. The van der Waals surface area contributed by atoms with Gasteiger partial charge in [-0.15, -0.1) is 0 Å². The van der Waals surface area contributed by atoms with Crippen molar-refractivity contribution in [1.29, 1.82) is 0 Å². The number of carbonyl (C=O) groups is 1. The lowest BCUT2D eigenvalue weighted by Gasteiger charge is -2.24. The number of carbonyl (C=O) groups excluding carboxylic acids is 1. The predicted octanol–water partition coefficient (Wildman–Crippen LogP) is 4.46. The summed E-state index contributed by atoms with van der Waals surface area (Å²) < 4.78 is 0. The third kappa shape index (κ3) is 2.25. The van der Waals surface area contributed by atoms with Crippen LogP contribution in [-0.2, 0) is 6.42 Å². The molecule has 1 aliphatic rings. The van der Waals surface area contributed by atoms with Crippen LogP contribution in [0, 0.1) is 0 Å². The molecule has 25 heavy (non-hydrogen) atoms. The van der Waals surface area contributed by atoms with Crippen LogP contribution >= 0.6 is 0 Å². The monoisotopic (exact) mass is 329 g/mol. The van der Waals surface area contributed by atoms with Crippen molar-refractivity contribution in [3.63, 3.8) is 0 Å². The van der Waals surface area contributed by atoms with E-state index in [-0.39, 0.29) is 11.9 Å². The first-order valence-corrected chi connectivity index (χ1v) is 8.78. The molecular weight excluding hydrogens is 310 g/mol. The van der Waals surface area contributed by atoms with Crippen LogP contribution in [0.4, 0.5) is 0 Å². The number of nitrogens with one attached hydrogen (secondary N) is 3. The van der Waals surface area contributed by atoms with E-state index in [1.165, 1.54) is 16.6 Å². The molecule has 3 N–H and O–H groups in total. The van der Waals surface area contributed by atoms with Gasteiger partial charge in [0.15, 0.2) is 0 Å². The van der Waals surface area contributed by atoms with Crippen molar-refractivity contribution in [3.05, 3.63) is 71.5 Å². The summed E-state index contributed by atoms with van der Waals surface area (Å²) in [6.45, 7) is 0. The summed E-state index contributed by atoms with van der Waals surface area (Å²) in [5.41, 5.74) is 5.39. The Labute approximate surface area is 145 Å². The van der Waals surface area contributed by atoms with Gasteiger partial charge in [-0.1, -0.05) is 24.3 Å². The van der Waals surface area contributed by atoms with E-state index in [2.05, 4.69) is 33.5 Å². The Bertz CT molecular complexity index is 1090. The zero-order valence-electron chi connectivity index (χ0n) is 13.8. The Balaban J connectivity index is 1.51. The third-order valence-electron chi connectivity index (χ3n) is 5.26. The molecule has 0 saturated carbocycles. The van der Waals surface area contributed by atoms with Gasteiger partial charge in [-0.3, -0.25) is 4.79 Å². The number of para-hydroxylation sites is 1. The summed E-state index contributed by atoms with van der Waals surface area (Å²) in [5, 5.41) is 5.50. The fraction of sp³-hybridized carbons (Fsp3) is 0.190. The molecule has 4 heteroatoms. The topological polar surface area (TPSA) is 60.7 Å². The van der Waals surface area contributed by atoms with Gasteiger partial charge in [-0.2, -0.15) is 0 Å². The molecule has 2 aromatic heterocycles. The first-order valence-electron chi connectivity index (χ1n) is 8.78. The minimum atomic E-state index is -0.0123. The van der Waals surface area contributed by atoms with Crippen LogP contribution in [0.3, 0.4) is 0 Å². The summed E-state index contributed by atoms with van der Waals surface area (Å²) in [5.74, 6) is -0.0123. The molecule has 4 aromatic rings. The van der Waals surface area contributed by atoms with Gasteiger partial charge in [0, 0.05) is 39.3 Å². The maximum Gasteiger partial charge on any atom is 0.252 e. The Morgan fingerprint density at radius 3 is 2.84 bits per heavy atom. The molecule has 1 atom stereocenters. The van der Waals surface area contributed by atoms with E-state index in [4.69, 9.17) is 0 Å². The van der Waals surface area contributed by atoms with Crippen LogP contribution in [0.15, 0.2) is 54.7 Å². The number of aryl methyl sites for hydroxylation is 1. The van der Waals surface area contributed by atoms with E-state index in [1.807, 2.05) is 36.5 Å². The number of rotatable bonds is 2. The molecule has 0 unspecified atom stereocenters. The van der Waals surface area contributed by atoms with Crippen molar-refractivity contribution in [1.82, 2.24) is 15.3 Å². The van der Waals surface area contributed by atoms with Crippen LogP contribution in [-0.4, -0.2) is 15.9 Å². The molecule has 124 valence electrons. The van der Waals surface area contributed by atoms with Gasteiger partial charge in [0.25, 0.3) is 5.91 Å². The normalized spacial score (nSPS) is 16.9. The van der Waals surface area contributed by atoms with Crippen molar-refractivity contribution in [3.8, 4) is 0 Å². The minimum absolute atomic E-state index is 0.0123. The molecule has 0 aliphatic heterocycles. The number of H-pyrrole nitrogens is 2. The average Bonchev–Trinajstić information content (AvgIpc) is 3.26. The zero-order chi connectivity index (χ0) is 16.8. The van der Waals surface area contributed by atoms with Gasteiger partial charge in [-0.25, -0.2) is 0 Å². The highest BCUT2D eigenvalue weighted by molar-refractivity contribution is 6.06. The predicted molar refractivity (Wildman–Crippen MR) is 99.7 cm³/mol. The van der Waals surface area contributed by atoms with Gasteiger partial charge < -0.3 is 15.3 Å². The highest BCUT2D eigenvalue weighted by Crippen LogP contribution is 2.35. The first kappa shape index (κ1) is 14.3. The lowest BCUT2D eigenvalue weighted by molar-refractivity contribution is 0.0933. The van der Waals surface area contributed by atoms with E-state index in [0.717, 1.165) is 41.2 Å². The number of aromatic nitrogens is 2. The lowest BCUT2D eigenvalue weighted by Crippen LogP contribution is -2.31. The van der Waals surface area contributed by atoms with Crippen LogP contribution in [0.5, 0.6) is 0 Å². The Morgan fingerprint density at radius 2 is 1.88 bits per heavy atom. The average molecular weight is 329 g/mol. The fourth-order valence-electron chi connectivity index (χ4n) is 4.08. The van der Waals surface area contributed by atoms with Gasteiger partial charge in [0.05, 0.1) is 6.04 Å². The fourth-order valence-corrected chi connectivity index (χ4v) is 4.08. The van der Waals surface area contributed by atoms with Gasteiger partial charge in [0.1, 0.15) is 0 Å². The van der Waals surface area contributed by atoms with Gasteiger partial charge in [-0.05, 0) is 49.1 Å². The highest BCUT2D eigenvalue weighted by Gasteiger charge is 2.26. The second kappa shape index (κ2) is 5.52. The van der Waals surface area contributed by atoms with E-state index in [1.54, 1.807) is 0 Å². The molecule has 1 amide bonds. The molecule has 0 fully saturated rings. The summed E-state index contributed by atoms with van der Waals surface area (Å²) in [7, 11) is 0. The van der Waals surface area contributed by atoms with Gasteiger partial charge in [0.2, 0.25) is 0 Å². The summed E-state index contributed by atoms with van der Waals surface area (Å²) >= 11 is 0. The summed E-state index contributed by atoms with van der Waals surface area (Å²) in [6, 6.07) is 16.2. The van der Waals surface area contributed by atoms with E-state index >= 15 is 0 Å². The Kier molecular flexibility index (Phi) is 3.17. The van der Waals surface area contributed by atoms with E-state index in [0.29, 0.717) is 0 Å². The van der Waals surface area contributed by atoms with Crippen molar-refractivity contribution >= 4 is 27.7 Å². The second-order valence-electron chi connectivity index (χ2n) is 6.73. The van der Waals surface area contributed by atoms with E-state index in [9.17, 15) is 4.79 Å². The maximum atomic E-state index is 12.9.